The lowest BCUT2D eigenvalue weighted by Crippen LogP contribution is -2.19. The number of nitrogens with one attached hydrogen (secondary N) is 2. The van der Waals surface area contributed by atoms with Crippen LogP contribution in [0.2, 0.25) is 0 Å². The average Bonchev–Trinajstić information content (AvgIpc) is 2.68. The molecule has 28 heavy (non-hydrogen) atoms. The number of methoxy groups -OCH3 is 1. The van der Waals surface area contributed by atoms with Crippen molar-refractivity contribution in [3.63, 3.8) is 0 Å². The molecule has 3 aromatic rings. The Morgan fingerprint density at radius 1 is 0.893 bits per heavy atom. The highest BCUT2D eigenvalue weighted by atomic mass is 16.5. The van der Waals surface area contributed by atoms with E-state index in [0.29, 0.717) is 22.7 Å². The van der Waals surface area contributed by atoms with E-state index in [2.05, 4.69) is 10.6 Å². The van der Waals surface area contributed by atoms with Gasteiger partial charge in [0.15, 0.2) is 0 Å². The van der Waals surface area contributed by atoms with Crippen LogP contribution in [-0.2, 0) is 11.2 Å². The summed E-state index contributed by atoms with van der Waals surface area (Å²) < 4.78 is 5.19. The molecule has 0 aromatic heterocycles. The summed E-state index contributed by atoms with van der Waals surface area (Å²) in [5.74, 6) is 0.218. The predicted molar refractivity (Wildman–Crippen MR) is 111 cm³/mol. The molecule has 5 heteroatoms. The van der Waals surface area contributed by atoms with Gasteiger partial charge in [-0.15, -0.1) is 0 Å². The summed E-state index contributed by atoms with van der Waals surface area (Å²) in [6.07, 6.45) is 0.186. The second kappa shape index (κ2) is 8.86. The molecule has 142 valence electrons. The highest BCUT2D eigenvalue weighted by molar-refractivity contribution is 6.10. The van der Waals surface area contributed by atoms with Crippen LogP contribution >= 0.6 is 0 Å². The molecule has 0 saturated carbocycles. The van der Waals surface area contributed by atoms with E-state index < -0.39 is 0 Å². The van der Waals surface area contributed by atoms with Gasteiger partial charge in [0.2, 0.25) is 5.91 Å². The van der Waals surface area contributed by atoms with Gasteiger partial charge in [0, 0.05) is 5.69 Å². The van der Waals surface area contributed by atoms with E-state index in [-0.39, 0.29) is 18.2 Å². The molecule has 3 aromatic carbocycles. The van der Waals surface area contributed by atoms with Gasteiger partial charge in [-0.25, -0.2) is 0 Å². The molecule has 0 radical (unpaired) electrons. The number of ether oxygens (including phenoxy) is 1. The maximum atomic E-state index is 12.7. The third-order valence-corrected chi connectivity index (χ3v) is 4.22. The van der Waals surface area contributed by atoms with Crippen LogP contribution in [0.25, 0.3) is 0 Å². The smallest absolute Gasteiger partial charge is 0.257 e. The first-order valence-corrected chi connectivity index (χ1v) is 8.95. The monoisotopic (exact) mass is 374 g/mol. The van der Waals surface area contributed by atoms with E-state index in [1.54, 1.807) is 31.4 Å². The molecule has 0 bridgehead atoms. The van der Waals surface area contributed by atoms with E-state index in [0.717, 1.165) is 11.1 Å². The number of rotatable bonds is 6. The van der Waals surface area contributed by atoms with Crippen molar-refractivity contribution in [1.82, 2.24) is 0 Å². The molecule has 0 aliphatic carbocycles. The number of para-hydroxylation sites is 1. The topological polar surface area (TPSA) is 67.4 Å². The zero-order valence-electron chi connectivity index (χ0n) is 15.9. The van der Waals surface area contributed by atoms with Gasteiger partial charge in [-0.2, -0.15) is 0 Å². The molecular weight excluding hydrogens is 352 g/mol. The predicted octanol–water partition coefficient (Wildman–Crippen LogP) is 4.44. The molecule has 0 spiro atoms. The van der Waals surface area contributed by atoms with Crippen molar-refractivity contribution in [2.45, 2.75) is 13.3 Å². The van der Waals surface area contributed by atoms with E-state index in [9.17, 15) is 9.59 Å². The molecular formula is C23H22N2O3. The first-order valence-electron chi connectivity index (χ1n) is 8.95. The van der Waals surface area contributed by atoms with Crippen molar-refractivity contribution >= 4 is 23.2 Å². The first kappa shape index (κ1) is 19.2. The fraction of sp³-hybridized carbons (Fsp3) is 0.130. The Morgan fingerprint density at radius 3 is 2.46 bits per heavy atom. The van der Waals surface area contributed by atoms with Crippen LogP contribution in [0, 0.1) is 6.92 Å². The number of carbonyl (C=O) groups excluding carboxylic acids is 2. The summed E-state index contributed by atoms with van der Waals surface area (Å²) in [4.78, 5) is 25.2. The minimum atomic E-state index is -0.275. The molecule has 2 N–H and O–H groups in total. The van der Waals surface area contributed by atoms with E-state index in [1.165, 1.54) is 0 Å². The normalized spacial score (nSPS) is 10.2. The first-order chi connectivity index (χ1) is 13.5. The summed E-state index contributed by atoms with van der Waals surface area (Å²) in [5, 5.41) is 5.70. The van der Waals surface area contributed by atoms with Gasteiger partial charge in [-0.1, -0.05) is 36.4 Å². The Kier molecular flexibility index (Phi) is 6.07. The zero-order chi connectivity index (χ0) is 19.9. The molecule has 0 fully saturated rings. The lowest BCUT2D eigenvalue weighted by Gasteiger charge is -2.12. The minimum absolute atomic E-state index is 0.186. The highest BCUT2D eigenvalue weighted by Crippen LogP contribution is 2.19. The number of anilines is 2. The summed E-state index contributed by atoms with van der Waals surface area (Å²) in [5.41, 5.74) is 3.47. The molecule has 3 rings (SSSR count). The molecule has 0 aliphatic rings. The maximum absolute atomic E-state index is 12.7. The second-order valence-electron chi connectivity index (χ2n) is 6.45. The summed E-state index contributed by atoms with van der Waals surface area (Å²) in [6.45, 7) is 1.96. The van der Waals surface area contributed by atoms with Gasteiger partial charge in [0.1, 0.15) is 5.75 Å². The third-order valence-electron chi connectivity index (χ3n) is 4.22. The van der Waals surface area contributed by atoms with Crippen molar-refractivity contribution < 1.29 is 14.3 Å². The molecule has 0 atom stereocenters. The Balaban J connectivity index is 1.72. The highest BCUT2D eigenvalue weighted by Gasteiger charge is 2.14. The number of carbonyl (C=O) groups is 2. The third kappa shape index (κ3) is 4.98. The van der Waals surface area contributed by atoms with Crippen LogP contribution in [0.15, 0.2) is 72.8 Å². The number of amides is 2. The summed E-state index contributed by atoms with van der Waals surface area (Å²) >= 11 is 0. The molecule has 0 unspecified atom stereocenters. The van der Waals surface area contributed by atoms with Crippen molar-refractivity contribution in [2.24, 2.45) is 0 Å². The van der Waals surface area contributed by atoms with Crippen molar-refractivity contribution in [1.29, 1.82) is 0 Å². The fourth-order valence-electron chi connectivity index (χ4n) is 2.87. The Labute approximate surface area is 164 Å². The molecule has 0 aliphatic heterocycles. The fourth-order valence-corrected chi connectivity index (χ4v) is 2.87. The van der Waals surface area contributed by atoms with Gasteiger partial charge < -0.3 is 15.4 Å². The number of aryl methyl sites for hydroxylation is 1. The van der Waals surface area contributed by atoms with Crippen LogP contribution in [0.3, 0.4) is 0 Å². The van der Waals surface area contributed by atoms with Gasteiger partial charge in [-0.05, 0) is 54.4 Å². The quantitative estimate of drug-likeness (QED) is 0.670. The molecule has 5 nitrogen and oxygen atoms in total. The SMILES string of the molecule is COc1cccc(CC(=O)Nc2ccccc2C(=O)Nc2cccc(C)c2)c1. The largest absolute Gasteiger partial charge is 0.497 e. The standard InChI is InChI=1S/C23H22N2O3/c1-16-7-5-9-18(13-16)24-23(27)20-11-3-4-12-21(20)25-22(26)15-17-8-6-10-19(14-17)28-2/h3-14H,15H2,1-2H3,(H,24,27)(H,25,26). The van der Waals surface area contributed by atoms with Crippen molar-refractivity contribution in [2.75, 3.05) is 17.7 Å². The summed E-state index contributed by atoms with van der Waals surface area (Å²) in [7, 11) is 1.59. The van der Waals surface area contributed by atoms with Crippen LogP contribution < -0.4 is 15.4 Å². The van der Waals surface area contributed by atoms with E-state index in [1.807, 2.05) is 55.5 Å². The van der Waals surface area contributed by atoms with E-state index >= 15 is 0 Å². The van der Waals surface area contributed by atoms with Gasteiger partial charge in [0.25, 0.3) is 5.91 Å². The maximum Gasteiger partial charge on any atom is 0.257 e. The number of hydrogen-bond acceptors (Lipinski definition) is 3. The van der Waals surface area contributed by atoms with Crippen molar-refractivity contribution in [3.8, 4) is 5.75 Å². The molecule has 0 saturated heterocycles. The van der Waals surface area contributed by atoms with Crippen LogP contribution in [0.5, 0.6) is 5.75 Å². The second-order valence-corrected chi connectivity index (χ2v) is 6.45. The lowest BCUT2D eigenvalue weighted by molar-refractivity contribution is -0.115. The van der Waals surface area contributed by atoms with Crippen LogP contribution in [0.4, 0.5) is 11.4 Å². The van der Waals surface area contributed by atoms with Crippen LogP contribution in [-0.4, -0.2) is 18.9 Å². The lowest BCUT2D eigenvalue weighted by atomic mass is 10.1. The molecule has 0 heterocycles. The van der Waals surface area contributed by atoms with Crippen LogP contribution in [0.1, 0.15) is 21.5 Å². The zero-order valence-corrected chi connectivity index (χ0v) is 15.9. The average molecular weight is 374 g/mol. The number of benzene rings is 3. The van der Waals surface area contributed by atoms with Gasteiger partial charge in [-0.3, -0.25) is 9.59 Å². The molecule has 2 amide bonds. The summed E-state index contributed by atoms with van der Waals surface area (Å²) in [6, 6.07) is 21.9. The Morgan fingerprint density at radius 2 is 1.68 bits per heavy atom. The Hall–Kier alpha value is -3.60. The van der Waals surface area contributed by atoms with Crippen molar-refractivity contribution in [3.05, 3.63) is 89.5 Å². The van der Waals surface area contributed by atoms with E-state index in [4.69, 9.17) is 4.74 Å². The van der Waals surface area contributed by atoms with Gasteiger partial charge >= 0.3 is 0 Å². The van der Waals surface area contributed by atoms with Gasteiger partial charge in [0.05, 0.1) is 24.8 Å². The minimum Gasteiger partial charge on any atom is -0.497 e. The number of hydrogen-bond donors (Lipinski definition) is 2. The Bertz CT molecular complexity index is 998.